The van der Waals surface area contributed by atoms with E-state index in [4.69, 9.17) is 9.47 Å². The second kappa shape index (κ2) is 6.38. The van der Waals surface area contributed by atoms with Gasteiger partial charge in [-0.15, -0.1) is 0 Å². The van der Waals surface area contributed by atoms with Crippen molar-refractivity contribution >= 4 is 27.8 Å². The van der Waals surface area contributed by atoms with Crippen LogP contribution < -0.4 is 0 Å². The molecule has 22 heavy (non-hydrogen) atoms. The minimum absolute atomic E-state index is 0.213. The van der Waals surface area contributed by atoms with Crippen molar-refractivity contribution in [2.45, 2.75) is 36.9 Å². The van der Waals surface area contributed by atoms with Crippen LogP contribution in [0.1, 0.15) is 42.4 Å². The molecular weight excluding hydrogens is 350 g/mol. The van der Waals surface area contributed by atoms with E-state index in [1.807, 2.05) is 26.0 Å². The highest BCUT2D eigenvalue weighted by atomic mass is 79.9. The Morgan fingerprint density at radius 3 is 2.55 bits per heavy atom. The second-order valence-corrected chi connectivity index (χ2v) is 8.00. The van der Waals surface area contributed by atoms with Crippen molar-refractivity contribution in [2.24, 2.45) is 0 Å². The maximum absolute atomic E-state index is 12.7. The van der Waals surface area contributed by atoms with Gasteiger partial charge in [0.2, 0.25) is 0 Å². The highest BCUT2D eigenvalue weighted by Crippen LogP contribution is 2.38. The van der Waals surface area contributed by atoms with Crippen LogP contribution >= 0.6 is 15.9 Å². The van der Waals surface area contributed by atoms with E-state index >= 15 is 0 Å². The lowest BCUT2D eigenvalue weighted by atomic mass is 10.0. The van der Waals surface area contributed by atoms with Gasteiger partial charge < -0.3 is 9.47 Å². The molecule has 1 aromatic rings. The summed E-state index contributed by atoms with van der Waals surface area (Å²) >= 11 is 3.53. The van der Waals surface area contributed by atoms with Crippen molar-refractivity contribution in [1.29, 1.82) is 0 Å². The molecular formula is C16H20BrNO4. The largest absolute Gasteiger partial charge is 0.467 e. The number of hydrogen-bond acceptors (Lipinski definition) is 4. The van der Waals surface area contributed by atoms with Gasteiger partial charge in [-0.2, -0.15) is 0 Å². The molecule has 1 aliphatic heterocycles. The average molecular weight is 370 g/mol. The first-order valence-corrected chi connectivity index (χ1v) is 7.80. The molecule has 6 heteroatoms. The summed E-state index contributed by atoms with van der Waals surface area (Å²) in [5.74, 6) is -0.662. The summed E-state index contributed by atoms with van der Waals surface area (Å²) in [6.07, 6.45) is -0.165. The predicted molar refractivity (Wildman–Crippen MR) is 85.8 cm³/mol. The zero-order valence-electron chi connectivity index (χ0n) is 13.1. The van der Waals surface area contributed by atoms with Gasteiger partial charge in [0.1, 0.15) is 6.04 Å². The molecule has 0 radical (unpaired) electrons. The van der Waals surface area contributed by atoms with Gasteiger partial charge in [0.05, 0.1) is 7.11 Å². The molecule has 0 fully saturated rings. The number of rotatable bonds is 5. The normalized spacial score (nSPS) is 19.0. The molecule has 0 N–H and O–H groups in total. The number of amides is 1. The fourth-order valence-corrected chi connectivity index (χ4v) is 3.05. The predicted octanol–water partition coefficient (Wildman–Crippen LogP) is 2.89. The lowest BCUT2D eigenvalue weighted by Gasteiger charge is -2.33. The van der Waals surface area contributed by atoms with E-state index in [9.17, 15) is 9.59 Å². The topological polar surface area (TPSA) is 55.8 Å². The Labute approximate surface area is 138 Å². The van der Waals surface area contributed by atoms with Gasteiger partial charge in [-0.05, 0) is 26.3 Å². The van der Waals surface area contributed by atoms with E-state index in [0.717, 1.165) is 5.56 Å². The summed E-state index contributed by atoms with van der Waals surface area (Å²) in [5, 5.41) is 0. The van der Waals surface area contributed by atoms with Crippen molar-refractivity contribution in [2.75, 3.05) is 14.2 Å². The number of halogens is 1. The molecule has 0 aromatic heterocycles. The zero-order chi connectivity index (χ0) is 16.5. The van der Waals surface area contributed by atoms with Crippen LogP contribution in [0.15, 0.2) is 24.3 Å². The number of hydrogen-bond donors (Lipinski definition) is 0. The monoisotopic (exact) mass is 369 g/mol. The van der Waals surface area contributed by atoms with E-state index in [1.54, 1.807) is 12.1 Å². The van der Waals surface area contributed by atoms with Crippen LogP contribution in [-0.4, -0.2) is 41.4 Å². The fourth-order valence-electron chi connectivity index (χ4n) is 2.74. The van der Waals surface area contributed by atoms with Crippen LogP contribution in [0.25, 0.3) is 0 Å². The molecule has 2 atom stereocenters. The minimum atomic E-state index is -0.718. The van der Waals surface area contributed by atoms with Crippen molar-refractivity contribution < 1.29 is 19.1 Å². The van der Waals surface area contributed by atoms with E-state index in [0.29, 0.717) is 12.0 Å². The number of methoxy groups -OCH3 is 2. The lowest BCUT2D eigenvalue weighted by Crippen LogP contribution is -2.47. The molecule has 5 nitrogen and oxygen atoms in total. The van der Waals surface area contributed by atoms with Crippen molar-refractivity contribution in [3.63, 3.8) is 0 Å². The molecule has 1 heterocycles. The van der Waals surface area contributed by atoms with Gasteiger partial charge in [-0.1, -0.05) is 34.1 Å². The van der Waals surface area contributed by atoms with Crippen LogP contribution in [0.3, 0.4) is 0 Å². The van der Waals surface area contributed by atoms with E-state index < -0.39 is 18.2 Å². The number of alkyl halides is 1. The van der Waals surface area contributed by atoms with E-state index in [-0.39, 0.29) is 10.2 Å². The Bertz CT molecular complexity index is 582. The SMILES string of the molecule is COC(=O)[C@H](CC(C)(C)Br)N1C(=O)c2ccccc2[C@@H]1OC. The third-order valence-corrected chi connectivity index (χ3v) is 3.98. The molecule has 0 saturated carbocycles. The summed E-state index contributed by atoms with van der Waals surface area (Å²) in [6.45, 7) is 3.89. The first-order chi connectivity index (χ1) is 10.3. The van der Waals surface area contributed by atoms with Crippen LogP contribution in [-0.2, 0) is 14.3 Å². The first-order valence-electron chi connectivity index (χ1n) is 7.01. The smallest absolute Gasteiger partial charge is 0.328 e. The second-order valence-electron chi connectivity index (χ2n) is 5.85. The number of esters is 1. The van der Waals surface area contributed by atoms with Gasteiger partial charge in [0.25, 0.3) is 5.91 Å². The highest BCUT2D eigenvalue weighted by Gasteiger charge is 2.45. The Morgan fingerprint density at radius 2 is 2.00 bits per heavy atom. The summed E-state index contributed by atoms with van der Waals surface area (Å²) in [7, 11) is 2.85. The van der Waals surface area contributed by atoms with Crippen molar-refractivity contribution in [3.8, 4) is 0 Å². The fraction of sp³-hybridized carbons (Fsp3) is 0.500. The Kier molecular flexibility index (Phi) is 4.92. The van der Waals surface area contributed by atoms with Crippen LogP contribution in [0.4, 0.5) is 0 Å². The molecule has 1 aliphatic rings. The standard InChI is InChI=1S/C16H20BrNO4/c1-16(2,17)9-12(15(20)22-4)18-13(19)10-7-5-6-8-11(10)14(18)21-3/h5-8,12,14H,9H2,1-4H3/t12-,14-/m0/s1. The van der Waals surface area contributed by atoms with Crippen molar-refractivity contribution in [3.05, 3.63) is 35.4 Å². The summed E-state index contributed by atoms with van der Waals surface area (Å²) in [6, 6.07) is 6.52. The Morgan fingerprint density at radius 1 is 1.36 bits per heavy atom. The van der Waals surface area contributed by atoms with Crippen molar-refractivity contribution in [1.82, 2.24) is 4.90 Å². The van der Waals surface area contributed by atoms with Crippen LogP contribution in [0.5, 0.6) is 0 Å². The first kappa shape index (κ1) is 17.0. The number of carbonyl (C=O) groups is 2. The Balaban J connectivity index is 2.43. The number of carbonyl (C=O) groups excluding carboxylic acids is 2. The maximum Gasteiger partial charge on any atom is 0.328 e. The summed E-state index contributed by atoms with van der Waals surface area (Å²) < 4.78 is 10.1. The molecule has 120 valence electrons. The third kappa shape index (κ3) is 3.17. The van der Waals surface area contributed by atoms with E-state index in [2.05, 4.69) is 15.9 Å². The van der Waals surface area contributed by atoms with Gasteiger partial charge in [-0.3, -0.25) is 9.69 Å². The number of ether oxygens (including phenoxy) is 2. The number of benzene rings is 1. The van der Waals surface area contributed by atoms with Crippen LogP contribution in [0, 0.1) is 0 Å². The van der Waals surface area contributed by atoms with Gasteiger partial charge >= 0.3 is 5.97 Å². The molecule has 1 amide bonds. The zero-order valence-corrected chi connectivity index (χ0v) is 14.7. The molecule has 0 bridgehead atoms. The van der Waals surface area contributed by atoms with Gasteiger partial charge in [0, 0.05) is 22.6 Å². The summed E-state index contributed by atoms with van der Waals surface area (Å²) in [5.41, 5.74) is 1.34. The van der Waals surface area contributed by atoms with E-state index in [1.165, 1.54) is 19.1 Å². The lowest BCUT2D eigenvalue weighted by molar-refractivity contribution is -0.151. The maximum atomic E-state index is 12.7. The third-order valence-electron chi connectivity index (χ3n) is 3.66. The molecule has 0 aliphatic carbocycles. The number of nitrogens with zero attached hydrogens (tertiary/aromatic N) is 1. The summed E-state index contributed by atoms with van der Waals surface area (Å²) in [4.78, 5) is 26.5. The molecule has 1 aromatic carbocycles. The Hall–Kier alpha value is -1.40. The molecule has 2 rings (SSSR count). The van der Waals surface area contributed by atoms with Gasteiger partial charge in [-0.25, -0.2) is 4.79 Å². The highest BCUT2D eigenvalue weighted by molar-refractivity contribution is 9.10. The molecule has 0 spiro atoms. The average Bonchev–Trinajstić information content (AvgIpc) is 2.76. The molecule has 0 saturated heterocycles. The van der Waals surface area contributed by atoms with Gasteiger partial charge in [0.15, 0.2) is 6.23 Å². The quantitative estimate of drug-likeness (QED) is 0.591. The molecule has 0 unspecified atom stereocenters. The van der Waals surface area contributed by atoms with Crippen LogP contribution in [0.2, 0.25) is 0 Å². The number of fused-ring (bicyclic) bond motifs is 1. The minimum Gasteiger partial charge on any atom is -0.467 e.